The highest BCUT2D eigenvalue weighted by molar-refractivity contribution is 5.03. The monoisotopic (exact) mass is 260 g/mol. The second-order valence-electron chi connectivity index (χ2n) is 5.01. The average Bonchev–Trinajstić information content (AvgIpc) is 2.86. The molecule has 0 aromatic carbocycles. The molecule has 0 bridgehead atoms. The average molecular weight is 260 g/mol. The van der Waals surface area contributed by atoms with Gasteiger partial charge in [0.2, 0.25) is 5.89 Å². The normalized spacial score (nSPS) is 11.4. The van der Waals surface area contributed by atoms with Crippen LogP contribution < -0.4 is 0 Å². The molecule has 2 heterocycles. The molecule has 0 atom stereocenters. The minimum atomic E-state index is 0.278. The van der Waals surface area contributed by atoms with E-state index in [1.807, 2.05) is 45.3 Å². The molecule has 0 radical (unpaired) electrons. The summed E-state index contributed by atoms with van der Waals surface area (Å²) < 4.78 is 5.19. The van der Waals surface area contributed by atoms with Gasteiger partial charge in [-0.15, -0.1) is 0 Å². The van der Waals surface area contributed by atoms with Gasteiger partial charge in [-0.3, -0.25) is 9.88 Å². The Morgan fingerprint density at radius 1 is 1.32 bits per heavy atom. The van der Waals surface area contributed by atoms with Gasteiger partial charge in [-0.05, 0) is 19.2 Å². The lowest BCUT2D eigenvalue weighted by atomic mass is 10.2. The van der Waals surface area contributed by atoms with E-state index in [2.05, 4.69) is 20.0 Å². The molecular formula is C14H20N4O. The van der Waals surface area contributed by atoms with Crippen LogP contribution in [0, 0.1) is 0 Å². The zero-order valence-electron chi connectivity index (χ0n) is 11.7. The molecule has 0 unspecified atom stereocenters. The minimum Gasteiger partial charge on any atom is -0.339 e. The number of hydrogen-bond acceptors (Lipinski definition) is 5. The fourth-order valence-electron chi connectivity index (χ4n) is 1.74. The number of pyridine rings is 1. The zero-order chi connectivity index (χ0) is 13.7. The third-order valence-electron chi connectivity index (χ3n) is 2.86. The van der Waals surface area contributed by atoms with Gasteiger partial charge in [0.15, 0.2) is 5.82 Å². The molecule has 19 heavy (non-hydrogen) atoms. The molecule has 0 fully saturated rings. The second kappa shape index (κ2) is 6.43. The molecule has 102 valence electrons. The van der Waals surface area contributed by atoms with Crippen LogP contribution in [0.25, 0.3) is 0 Å². The summed E-state index contributed by atoms with van der Waals surface area (Å²) in [7, 11) is 2.05. The van der Waals surface area contributed by atoms with E-state index >= 15 is 0 Å². The number of rotatable bonds is 6. The number of hydrogen-bond donors (Lipinski definition) is 0. The molecule has 2 rings (SSSR count). The molecule has 0 saturated carbocycles. The van der Waals surface area contributed by atoms with Crippen LogP contribution in [0.4, 0.5) is 0 Å². The van der Waals surface area contributed by atoms with Crippen LogP contribution in [0.5, 0.6) is 0 Å². The van der Waals surface area contributed by atoms with Gasteiger partial charge >= 0.3 is 0 Å². The smallest absolute Gasteiger partial charge is 0.229 e. The third kappa shape index (κ3) is 4.13. The first kappa shape index (κ1) is 13.7. The quantitative estimate of drug-likeness (QED) is 0.797. The third-order valence-corrected chi connectivity index (χ3v) is 2.86. The van der Waals surface area contributed by atoms with Crippen molar-refractivity contribution in [2.45, 2.75) is 32.7 Å². The van der Waals surface area contributed by atoms with Crippen LogP contribution in [0.15, 0.2) is 28.9 Å². The maximum atomic E-state index is 5.19. The molecule has 0 aliphatic carbocycles. The Bertz CT molecular complexity index is 495. The molecule has 0 N–H and O–H groups in total. The van der Waals surface area contributed by atoms with Gasteiger partial charge in [0.25, 0.3) is 0 Å². The lowest BCUT2D eigenvalue weighted by Crippen LogP contribution is -2.21. The number of likely N-dealkylation sites (N-methyl/N-ethyl adjacent to an activating group) is 1. The van der Waals surface area contributed by atoms with E-state index in [0.717, 1.165) is 24.5 Å². The summed E-state index contributed by atoms with van der Waals surface area (Å²) in [6.45, 7) is 5.70. The highest BCUT2D eigenvalue weighted by Gasteiger charge is 2.11. The lowest BCUT2D eigenvalue weighted by molar-refractivity contribution is 0.307. The van der Waals surface area contributed by atoms with Crippen LogP contribution in [-0.2, 0) is 13.0 Å². The SMILES string of the molecule is CC(C)c1nc(CN(C)CCc2ccccn2)no1. The first-order valence-electron chi connectivity index (χ1n) is 6.56. The Labute approximate surface area is 113 Å². The van der Waals surface area contributed by atoms with Crippen LogP contribution in [0.3, 0.4) is 0 Å². The standard InChI is InChI=1S/C14H20N4O/c1-11(2)14-16-13(17-19-14)10-18(3)9-7-12-6-4-5-8-15-12/h4-6,8,11H,7,9-10H2,1-3H3. The van der Waals surface area contributed by atoms with Crippen molar-refractivity contribution in [3.8, 4) is 0 Å². The van der Waals surface area contributed by atoms with E-state index in [0.29, 0.717) is 12.4 Å². The van der Waals surface area contributed by atoms with Gasteiger partial charge < -0.3 is 4.52 Å². The Hall–Kier alpha value is -1.75. The van der Waals surface area contributed by atoms with Gasteiger partial charge in [0.1, 0.15) is 0 Å². The van der Waals surface area contributed by atoms with Crippen molar-refractivity contribution in [2.24, 2.45) is 0 Å². The van der Waals surface area contributed by atoms with E-state index in [9.17, 15) is 0 Å². The molecule has 2 aromatic rings. The van der Waals surface area contributed by atoms with Gasteiger partial charge in [-0.25, -0.2) is 0 Å². The van der Waals surface area contributed by atoms with E-state index in [-0.39, 0.29) is 5.92 Å². The molecule has 0 spiro atoms. The predicted molar refractivity (Wildman–Crippen MR) is 72.7 cm³/mol. The zero-order valence-corrected chi connectivity index (χ0v) is 11.7. The van der Waals surface area contributed by atoms with Crippen LogP contribution >= 0.6 is 0 Å². The molecule has 2 aromatic heterocycles. The minimum absolute atomic E-state index is 0.278. The highest BCUT2D eigenvalue weighted by Crippen LogP contribution is 2.11. The van der Waals surface area contributed by atoms with Crippen LogP contribution in [0.1, 0.15) is 37.2 Å². The Morgan fingerprint density at radius 3 is 2.79 bits per heavy atom. The van der Waals surface area contributed by atoms with Crippen molar-refractivity contribution < 1.29 is 4.52 Å². The van der Waals surface area contributed by atoms with Crippen molar-refractivity contribution in [2.75, 3.05) is 13.6 Å². The maximum Gasteiger partial charge on any atom is 0.229 e. The van der Waals surface area contributed by atoms with Crippen molar-refractivity contribution in [3.63, 3.8) is 0 Å². The molecule has 0 amide bonds. The highest BCUT2D eigenvalue weighted by atomic mass is 16.5. The Kier molecular flexibility index (Phi) is 4.63. The Balaban J connectivity index is 1.82. The number of nitrogens with zero attached hydrogens (tertiary/aromatic N) is 4. The molecule has 0 saturated heterocycles. The lowest BCUT2D eigenvalue weighted by Gasteiger charge is -2.13. The van der Waals surface area contributed by atoms with Crippen molar-refractivity contribution in [3.05, 3.63) is 41.8 Å². The van der Waals surface area contributed by atoms with E-state index in [1.165, 1.54) is 0 Å². The first-order valence-corrected chi connectivity index (χ1v) is 6.56. The summed E-state index contributed by atoms with van der Waals surface area (Å²) in [5, 5.41) is 3.99. The predicted octanol–water partition coefficient (Wildman–Crippen LogP) is 2.26. The van der Waals surface area contributed by atoms with Gasteiger partial charge in [0, 0.05) is 30.8 Å². The van der Waals surface area contributed by atoms with Crippen molar-refractivity contribution in [1.82, 2.24) is 20.0 Å². The van der Waals surface area contributed by atoms with Crippen LogP contribution in [-0.4, -0.2) is 33.6 Å². The maximum absolute atomic E-state index is 5.19. The first-order chi connectivity index (χ1) is 9.15. The van der Waals surface area contributed by atoms with Gasteiger partial charge in [0.05, 0.1) is 6.54 Å². The fraction of sp³-hybridized carbons (Fsp3) is 0.500. The summed E-state index contributed by atoms with van der Waals surface area (Å²) in [4.78, 5) is 10.8. The van der Waals surface area contributed by atoms with Crippen LogP contribution in [0.2, 0.25) is 0 Å². The van der Waals surface area contributed by atoms with E-state index < -0.39 is 0 Å². The van der Waals surface area contributed by atoms with Gasteiger partial charge in [-0.1, -0.05) is 25.1 Å². The second-order valence-corrected chi connectivity index (χ2v) is 5.01. The Morgan fingerprint density at radius 2 is 2.16 bits per heavy atom. The fourth-order valence-corrected chi connectivity index (χ4v) is 1.74. The largest absolute Gasteiger partial charge is 0.339 e. The summed E-state index contributed by atoms with van der Waals surface area (Å²) in [5.41, 5.74) is 1.10. The molecule has 5 heteroatoms. The molecule has 0 aliphatic heterocycles. The topological polar surface area (TPSA) is 55.1 Å². The van der Waals surface area contributed by atoms with Crippen molar-refractivity contribution in [1.29, 1.82) is 0 Å². The number of aromatic nitrogens is 3. The summed E-state index contributed by atoms with van der Waals surface area (Å²) in [5.74, 6) is 1.72. The summed E-state index contributed by atoms with van der Waals surface area (Å²) in [6.07, 6.45) is 2.75. The molecule has 5 nitrogen and oxygen atoms in total. The van der Waals surface area contributed by atoms with E-state index in [4.69, 9.17) is 4.52 Å². The molecule has 0 aliphatic rings. The summed E-state index contributed by atoms with van der Waals surface area (Å²) in [6, 6.07) is 5.98. The molecular weight excluding hydrogens is 240 g/mol. The van der Waals surface area contributed by atoms with Gasteiger partial charge in [-0.2, -0.15) is 4.98 Å². The van der Waals surface area contributed by atoms with Crippen molar-refractivity contribution >= 4 is 0 Å². The summed E-state index contributed by atoms with van der Waals surface area (Å²) >= 11 is 0. The van der Waals surface area contributed by atoms with E-state index in [1.54, 1.807) is 0 Å².